The summed E-state index contributed by atoms with van der Waals surface area (Å²) in [5.41, 5.74) is 0.886. The Bertz CT molecular complexity index is 406. The van der Waals surface area contributed by atoms with Crippen molar-refractivity contribution >= 4 is 5.69 Å². The predicted octanol–water partition coefficient (Wildman–Crippen LogP) is 1.40. The molecule has 1 heterocycles. The van der Waals surface area contributed by atoms with Crippen LogP contribution in [-0.2, 0) is 0 Å². The van der Waals surface area contributed by atoms with E-state index in [9.17, 15) is 4.79 Å². The number of nitrogens with zero attached hydrogens (tertiary/aromatic N) is 2. The van der Waals surface area contributed by atoms with E-state index in [1.165, 1.54) is 25.7 Å². The quantitative estimate of drug-likeness (QED) is 0.814. The molecule has 0 bridgehead atoms. The zero-order valence-corrected chi connectivity index (χ0v) is 9.35. The van der Waals surface area contributed by atoms with E-state index in [0.717, 1.165) is 30.6 Å². The number of hydrogen-bond acceptors (Lipinski definition) is 3. The molecule has 1 N–H and O–H groups in total. The summed E-state index contributed by atoms with van der Waals surface area (Å²) in [6, 6.07) is 1.66. The van der Waals surface area contributed by atoms with Crippen molar-refractivity contribution in [2.75, 3.05) is 18.0 Å². The van der Waals surface area contributed by atoms with Crippen molar-refractivity contribution in [2.24, 2.45) is 11.8 Å². The summed E-state index contributed by atoms with van der Waals surface area (Å²) in [6.07, 6.45) is 7.15. The molecule has 0 aromatic carbocycles. The van der Waals surface area contributed by atoms with Crippen LogP contribution in [0.1, 0.15) is 25.7 Å². The molecule has 2 aliphatic rings. The van der Waals surface area contributed by atoms with Crippen LogP contribution in [0.3, 0.4) is 0 Å². The van der Waals surface area contributed by atoms with Crippen molar-refractivity contribution in [1.82, 2.24) is 10.2 Å². The second-order valence-electron chi connectivity index (χ2n) is 5.10. The zero-order chi connectivity index (χ0) is 11.0. The maximum absolute atomic E-state index is 11.3. The van der Waals surface area contributed by atoms with Crippen LogP contribution in [0.4, 0.5) is 5.69 Å². The maximum Gasteiger partial charge on any atom is 0.266 e. The Kier molecular flexibility index (Phi) is 2.42. The normalized spacial score (nSPS) is 19.8. The number of hydrogen-bond donors (Lipinski definition) is 1. The largest absolute Gasteiger partial charge is 0.370 e. The van der Waals surface area contributed by atoms with E-state index >= 15 is 0 Å². The standard InChI is InChI=1S/C12H17N3O/c16-12-5-11(6-13-14-12)15(7-9-1-2-9)8-10-3-4-10/h5-6,9-10H,1-4,7-8H2,(H,14,16). The van der Waals surface area contributed by atoms with Crippen molar-refractivity contribution in [1.29, 1.82) is 0 Å². The Labute approximate surface area is 94.7 Å². The van der Waals surface area contributed by atoms with E-state index in [2.05, 4.69) is 15.1 Å². The fraction of sp³-hybridized carbons (Fsp3) is 0.667. The highest BCUT2D eigenvalue weighted by molar-refractivity contribution is 5.43. The molecule has 0 unspecified atom stereocenters. The first kappa shape index (κ1) is 9.87. The highest BCUT2D eigenvalue weighted by Crippen LogP contribution is 2.35. The summed E-state index contributed by atoms with van der Waals surface area (Å²) in [4.78, 5) is 13.6. The van der Waals surface area contributed by atoms with Crippen LogP contribution in [0.15, 0.2) is 17.1 Å². The average molecular weight is 219 g/mol. The summed E-state index contributed by atoms with van der Waals surface area (Å²) in [5, 5.41) is 6.31. The van der Waals surface area contributed by atoms with Crippen LogP contribution in [0.2, 0.25) is 0 Å². The van der Waals surface area contributed by atoms with E-state index in [-0.39, 0.29) is 5.56 Å². The lowest BCUT2D eigenvalue weighted by Gasteiger charge is -2.23. The van der Waals surface area contributed by atoms with Gasteiger partial charge in [-0.25, -0.2) is 5.10 Å². The molecule has 2 aliphatic carbocycles. The van der Waals surface area contributed by atoms with Crippen molar-refractivity contribution in [3.8, 4) is 0 Å². The Morgan fingerprint density at radius 2 is 1.88 bits per heavy atom. The number of nitrogens with one attached hydrogen (secondary N) is 1. The third-order valence-corrected chi connectivity index (χ3v) is 3.37. The monoisotopic (exact) mass is 219 g/mol. The number of rotatable bonds is 5. The van der Waals surface area contributed by atoms with Gasteiger partial charge in [0.1, 0.15) is 0 Å². The fourth-order valence-electron chi connectivity index (χ4n) is 2.05. The summed E-state index contributed by atoms with van der Waals surface area (Å²) >= 11 is 0. The van der Waals surface area contributed by atoms with Crippen LogP contribution < -0.4 is 10.5 Å². The number of aromatic nitrogens is 2. The third kappa shape index (κ3) is 2.43. The molecule has 86 valence electrons. The molecule has 0 aliphatic heterocycles. The second kappa shape index (κ2) is 3.92. The van der Waals surface area contributed by atoms with Gasteiger partial charge in [-0.1, -0.05) is 0 Å². The molecule has 1 aromatic heterocycles. The molecule has 2 fully saturated rings. The van der Waals surface area contributed by atoms with Crippen LogP contribution in [0, 0.1) is 11.8 Å². The van der Waals surface area contributed by atoms with Gasteiger partial charge in [0.15, 0.2) is 0 Å². The summed E-state index contributed by atoms with van der Waals surface area (Å²) < 4.78 is 0. The molecule has 4 nitrogen and oxygen atoms in total. The van der Waals surface area contributed by atoms with Gasteiger partial charge in [0.25, 0.3) is 5.56 Å². The van der Waals surface area contributed by atoms with Gasteiger partial charge in [-0.15, -0.1) is 0 Å². The van der Waals surface area contributed by atoms with Gasteiger partial charge in [-0.05, 0) is 37.5 Å². The molecule has 0 radical (unpaired) electrons. The lowest BCUT2D eigenvalue weighted by atomic mass is 10.3. The van der Waals surface area contributed by atoms with Gasteiger partial charge in [0.2, 0.25) is 0 Å². The van der Waals surface area contributed by atoms with Gasteiger partial charge in [0, 0.05) is 19.2 Å². The van der Waals surface area contributed by atoms with Crippen molar-refractivity contribution in [3.63, 3.8) is 0 Å². The van der Waals surface area contributed by atoms with Crippen LogP contribution in [0.25, 0.3) is 0 Å². The molecule has 4 heteroatoms. The van der Waals surface area contributed by atoms with Crippen LogP contribution in [0.5, 0.6) is 0 Å². The van der Waals surface area contributed by atoms with E-state index < -0.39 is 0 Å². The average Bonchev–Trinajstić information content (AvgIpc) is 3.11. The predicted molar refractivity (Wildman–Crippen MR) is 62.5 cm³/mol. The van der Waals surface area contributed by atoms with Gasteiger partial charge >= 0.3 is 0 Å². The summed E-state index contributed by atoms with van der Waals surface area (Å²) in [7, 11) is 0. The molecule has 2 saturated carbocycles. The molecule has 16 heavy (non-hydrogen) atoms. The van der Waals surface area contributed by atoms with Gasteiger partial charge in [-0.2, -0.15) is 5.10 Å². The van der Waals surface area contributed by atoms with Gasteiger partial charge in [-0.3, -0.25) is 4.79 Å². The van der Waals surface area contributed by atoms with Crippen molar-refractivity contribution in [3.05, 3.63) is 22.6 Å². The van der Waals surface area contributed by atoms with Crippen molar-refractivity contribution < 1.29 is 0 Å². The smallest absolute Gasteiger partial charge is 0.266 e. The minimum atomic E-state index is -0.103. The number of anilines is 1. The van der Waals surface area contributed by atoms with E-state index in [1.807, 2.05) is 0 Å². The lowest BCUT2D eigenvalue weighted by Crippen LogP contribution is -2.29. The maximum atomic E-state index is 11.3. The minimum Gasteiger partial charge on any atom is -0.370 e. The lowest BCUT2D eigenvalue weighted by molar-refractivity contribution is 0.676. The minimum absolute atomic E-state index is 0.103. The first-order chi connectivity index (χ1) is 7.81. The van der Waals surface area contributed by atoms with Gasteiger partial charge in [0.05, 0.1) is 11.9 Å². The highest BCUT2D eigenvalue weighted by Gasteiger charge is 2.29. The number of aromatic amines is 1. The first-order valence-electron chi connectivity index (χ1n) is 6.11. The van der Waals surface area contributed by atoms with Crippen LogP contribution in [-0.4, -0.2) is 23.3 Å². The molecule has 0 spiro atoms. The SMILES string of the molecule is O=c1cc(N(CC2CC2)CC2CC2)cn[nH]1. The third-order valence-electron chi connectivity index (χ3n) is 3.37. The molecule has 3 rings (SSSR count). The zero-order valence-electron chi connectivity index (χ0n) is 9.35. The second-order valence-corrected chi connectivity index (χ2v) is 5.10. The fourth-order valence-corrected chi connectivity index (χ4v) is 2.05. The van der Waals surface area contributed by atoms with E-state index in [0.29, 0.717) is 0 Å². The molecular weight excluding hydrogens is 202 g/mol. The molecule has 0 atom stereocenters. The van der Waals surface area contributed by atoms with E-state index in [4.69, 9.17) is 0 Å². The molecule has 0 amide bonds. The van der Waals surface area contributed by atoms with Gasteiger partial charge < -0.3 is 4.90 Å². The molecule has 1 aromatic rings. The van der Waals surface area contributed by atoms with Crippen molar-refractivity contribution in [2.45, 2.75) is 25.7 Å². The summed E-state index contributed by atoms with van der Waals surface area (Å²) in [5.74, 6) is 1.69. The Hall–Kier alpha value is -1.32. The summed E-state index contributed by atoms with van der Waals surface area (Å²) in [6.45, 7) is 2.20. The van der Waals surface area contributed by atoms with Crippen LogP contribution >= 0.6 is 0 Å². The van der Waals surface area contributed by atoms with E-state index in [1.54, 1.807) is 12.3 Å². The topological polar surface area (TPSA) is 49.0 Å². The Balaban J connectivity index is 1.75. The first-order valence-corrected chi connectivity index (χ1v) is 6.11. The number of H-pyrrole nitrogens is 1. The molecule has 0 saturated heterocycles. The molecular formula is C12H17N3O. The Morgan fingerprint density at radius 3 is 2.38 bits per heavy atom. The Morgan fingerprint density at radius 1 is 1.25 bits per heavy atom. The highest BCUT2D eigenvalue weighted by atomic mass is 16.1.